The lowest BCUT2D eigenvalue weighted by atomic mass is 10.1. The lowest BCUT2D eigenvalue weighted by Crippen LogP contribution is -2.58. The zero-order valence-corrected chi connectivity index (χ0v) is 19.9. The molecule has 2 atom stereocenters. The molecule has 0 spiro atoms. The Morgan fingerprint density at radius 3 is 2.53 bits per heavy atom. The van der Waals surface area contributed by atoms with Crippen molar-refractivity contribution < 1.29 is 9.59 Å². The molecule has 3 aromatic heterocycles. The number of pyridine rings is 2. The maximum Gasteiger partial charge on any atom is 0.255 e. The largest absolute Gasteiger partial charge is 0.352 e. The fourth-order valence-electron chi connectivity index (χ4n) is 5.26. The van der Waals surface area contributed by atoms with Crippen LogP contribution in [0.2, 0.25) is 0 Å². The van der Waals surface area contributed by atoms with E-state index < -0.39 is 0 Å². The first-order valence-electron chi connectivity index (χ1n) is 11.9. The molecule has 178 valence electrons. The van der Waals surface area contributed by atoms with E-state index in [1.165, 1.54) is 0 Å². The van der Waals surface area contributed by atoms with Gasteiger partial charge in [-0.3, -0.25) is 9.59 Å². The predicted molar refractivity (Wildman–Crippen MR) is 132 cm³/mol. The SMILES string of the molecule is CC(=O)N1[C@H](C)CN(c2cccc(-c3c[nH]c4ncc(C(=O)N5CCNCC5)cc34)n2)C[C@@H]1C. The van der Waals surface area contributed by atoms with Crippen LogP contribution in [0.1, 0.15) is 31.1 Å². The van der Waals surface area contributed by atoms with Gasteiger partial charge in [0.05, 0.1) is 11.3 Å². The van der Waals surface area contributed by atoms with Crippen LogP contribution in [0, 0.1) is 0 Å². The van der Waals surface area contributed by atoms with Crippen molar-refractivity contribution in [2.45, 2.75) is 32.9 Å². The number of carbonyl (C=O) groups is 2. The number of carbonyl (C=O) groups excluding carboxylic acids is 2. The van der Waals surface area contributed by atoms with Crippen molar-refractivity contribution in [2.24, 2.45) is 0 Å². The molecule has 2 N–H and O–H groups in total. The highest BCUT2D eigenvalue weighted by Crippen LogP contribution is 2.30. The van der Waals surface area contributed by atoms with Crippen molar-refractivity contribution in [1.82, 2.24) is 30.1 Å². The van der Waals surface area contributed by atoms with E-state index in [0.29, 0.717) is 18.7 Å². The van der Waals surface area contributed by atoms with Gasteiger partial charge in [0, 0.05) is 81.6 Å². The van der Waals surface area contributed by atoms with Crippen LogP contribution in [0.15, 0.2) is 36.7 Å². The molecule has 0 bridgehead atoms. The van der Waals surface area contributed by atoms with Gasteiger partial charge in [0.25, 0.3) is 5.91 Å². The maximum absolute atomic E-state index is 13.0. The smallest absolute Gasteiger partial charge is 0.255 e. The van der Waals surface area contributed by atoms with Crippen LogP contribution in [0.4, 0.5) is 5.82 Å². The molecule has 5 heterocycles. The summed E-state index contributed by atoms with van der Waals surface area (Å²) < 4.78 is 0. The normalized spacial score (nSPS) is 21.2. The summed E-state index contributed by atoms with van der Waals surface area (Å²) in [5, 5.41) is 4.16. The number of nitrogens with zero attached hydrogens (tertiary/aromatic N) is 5. The Bertz CT molecular complexity index is 1200. The van der Waals surface area contributed by atoms with Crippen LogP contribution >= 0.6 is 0 Å². The van der Waals surface area contributed by atoms with Gasteiger partial charge >= 0.3 is 0 Å². The molecule has 34 heavy (non-hydrogen) atoms. The molecule has 0 unspecified atom stereocenters. The van der Waals surface area contributed by atoms with Gasteiger partial charge in [-0.1, -0.05) is 6.07 Å². The first kappa shape index (κ1) is 22.3. The number of rotatable bonds is 3. The predicted octanol–water partition coefficient (Wildman–Crippen LogP) is 2.12. The van der Waals surface area contributed by atoms with Crippen LogP contribution in [-0.2, 0) is 4.79 Å². The van der Waals surface area contributed by atoms with Crippen molar-refractivity contribution in [1.29, 1.82) is 0 Å². The zero-order chi connectivity index (χ0) is 23.8. The molecule has 9 nitrogen and oxygen atoms in total. The number of aromatic nitrogens is 3. The summed E-state index contributed by atoms with van der Waals surface area (Å²) in [7, 11) is 0. The van der Waals surface area contributed by atoms with E-state index in [9.17, 15) is 9.59 Å². The van der Waals surface area contributed by atoms with Gasteiger partial charge in [-0.2, -0.15) is 0 Å². The number of H-pyrrole nitrogens is 1. The van der Waals surface area contributed by atoms with Gasteiger partial charge in [0.15, 0.2) is 0 Å². The van der Waals surface area contributed by atoms with E-state index in [0.717, 1.165) is 54.3 Å². The van der Waals surface area contributed by atoms with Crippen molar-refractivity contribution in [3.63, 3.8) is 0 Å². The number of hydrogen-bond acceptors (Lipinski definition) is 6. The maximum atomic E-state index is 13.0. The van der Waals surface area contributed by atoms with Crippen molar-refractivity contribution in [3.8, 4) is 11.3 Å². The minimum absolute atomic E-state index is 0.0103. The molecule has 9 heteroatoms. The number of piperazine rings is 2. The molecule has 5 rings (SSSR count). The third kappa shape index (κ3) is 4.11. The average molecular weight is 462 g/mol. The molecule has 2 aliphatic rings. The number of anilines is 1. The lowest BCUT2D eigenvalue weighted by Gasteiger charge is -2.44. The van der Waals surface area contributed by atoms with E-state index in [2.05, 4.69) is 34.0 Å². The highest BCUT2D eigenvalue weighted by atomic mass is 16.2. The molecule has 0 radical (unpaired) electrons. The molecule has 0 saturated carbocycles. The third-order valence-electron chi connectivity index (χ3n) is 6.80. The molecule has 2 fully saturated rings. The second-order valence-electron chi connectivity index (χ2n) is 9.28. The van der Waals surface area contributed by atoms with Gasteiger partial charge in [0.2, 0.25) is 5.91 Å². The molecule has 2 saturated heterocycles. The first-order chi connectivity index (χ1) is 16.4. The van der Waals surface area contributed by atoms with Crippen LogP contribution in [-0.4, -0.2) is 87.9 Å². The molecular weight excluding hydrogens is 430 g/mol. The number of nitrogens with one attached hydrogen (secondary N) is 2. The molecule has 0 aliphatic carbocycles. The van der Waals surface area contributed by atoms with Crippen molar-refractivity contribution in [3.05, 3.63) is 42.2 Å². The number of fused-ring (bicyclic) bond motifs is 1. The number of hydrogen-bond donors (Lipinski definition) is 2. The Morgan fingerprint density at radius 1 is 1.09 bits per heavy atom. The van der Waals surface area contributed by atoms with E-state index in [4.69, 9.17) is 4.98 Å². The molecule has 2 aliphatic heterocycles. The summed E-state index contributed by atoms with van der Waals surface area (Å²) in [6, 6.07) is 8.15. The Kier molecular flexibility index (Phi) is 5.95. The van der Waals surface area contributed by atoms with E-state index in [-0.39, 0.29) is 23.9 Å². The van der Waals surface area contributed by atoms with Crippen molar-refractivity contribution >= 4 is 28.7 Å². The summed E-state index contributed by atoms with van der Waals surface area (Å²) >= 11 is 0. The first-order valence-corrected chi connectivity index (χ1v) is 11.9. The van der Waals surface area contributed by atoms with Gasteiger partial charge < -0.3 is 25.0 Å². The topological polar surface area (TPSA) is 97.5 Å². The number of amides is 2. The van der Waals surface area contributed by atoms with Crippen LogP contribution in [0.25, 0.3) is 22.3 Å². The van der Waals surface area contributed by atoms with Gasteiger partial charge in [-0.15, -0.1) is 0 Å². The summed E-state index contributed by atoms with van der Waals surface area (Å²) in [6.07, 6.45) is 3.55. The van der Waals surface area contributed by atoms with E-state index in [1.54, 1.807) is 13.1 Å². The fraction of sp³-hybridized carbons (Fsp3) is 0.440. The Hall–Kier alpha value is -3.46. The third-order valence-corrected chi connectivity index (χ3v) is 6.80. The van der Waals surface area contributed by atoms with Crippen LogP contribution in [0.5, 0.6) is 0 Å². The highest BCUT2D eigenvalue weighted by Gasteiger charge is 2.31. The summed E-state index contributed by atoms with van der Waals surface area (Å²) in [5.74, 6) is 1.00. The number of aromatic amines is 1. The summed E-state index contributed by atoms with van der Waals surface area (Å²) in [5.41, 5.74) is 3.07. The molecule has 3 aromatic rings. The lowest BCUT2D eigenvalue weighted by molar-refractivity contribution is -0.133. The standard InChI is InChI=1S/C25H31N7O2/c1-16-14-31(15-17(2)32(16)18(3)33)23-6-4-5-22(29-23)21-13-28-24-20(21)11-19(12-27-24)25(34)30-9-7-26-8-10-30/h4-6,11-13,16-17,26H,7-10,14-15H2,1-3H3,(H,27,28)/t16-,17+. The summed E-state index contributed by atoms with van der Waals surface area (Å²) in [4.78, 5) is 43.8. The Balaban J connectivity index is 1.44. The summed E-state index contributed by atoms with van der Waals surface area (Å²) in [6.45, 7) is 10.3. The van der Waals surface area contributed by atoms with E-state index >= 15 is 0 Å². The Morgan fingerprint density at radius 2 is 1.82 bits per heavy atom. The minimum Gasteiger partial charge on any atom is -0.352 e. The molecular formula is C25H31N7O2. The zero-order valence-electron chi connectivity index (χ0n) is 19.9. The van der Waals surface area contributed by atoms with E-state index in [1.807, 2.05) is 40.3 Å². The Labute approximate surface area is 199 Å². The van der Waals surface area contributed by atoms with Crippen molar-refractivity contribution in [2.75, 3.05) is 44.2 Å². The van der Waals surface area contributed by atoms with Gasteiger partial charge in [0.1, 0.15) is 11.5 Å². The molecule has 0 aromatic carbocycles. The second-order valence-corrected chi connectivity index (χ2v) is 9.28. The quantitative estimate of drug-likeness (QED) is 0.620. The average Bonchev–Trinajstić information content (AvgIpc) is 3.27. The van der Waals surface area contributed by atoms with Crippen LogP contribution in [0.3, 0.4) is 0 Å². The van der Waals surface area contributed by atoms with Crippen LogP contribution < -0.4 is 10.2 Å². The highest BCUT2D eigenvalue weighted by molar-refractivity contribution is 6.00. The minimum atomic E-state index is 0.0103. The van der Waals surface area contributed by atoms with Gasteiger partial charge in [-0.05, 0) is 32.0 Å². The monoisotopic (exact) mass is 461 g/mol. The molecule has 2 amide bonds. The fourth-order valence-corrected chi connectivity index (χ4v) is 5.26. The van der Waals surface area contributed by atoms with Gasteiger partial charge in [-0.25, -0.2) is 9.97 Å². The second kappa shape index (κ2) is 9.06.